The molecule has 7 nitrogen and oxygen atoms in total. The van der Waals surface area contributed by atoms with Crippen LogP contribution in [0.2, 0.25) is 0 Å². The summed E-state index contributed by atoms with van der Waals surface area (Å²) in [6.45, 7) is 2.57. The molecule has 3 aromatic rings. The molecule has 0 saturated carbocycles. The van der Waals surface area contributed by atoms with Gasteiger partial charge in [-0.25, -0.2) is 0 Å². The Morgan fingerprint density at radius 3 is 2.76 bits per heavy atom. The summed E-state index contributed by atoms with van der Waals surface area (Å²) in [6.07, 6.45) is 0.381. The standard InChI is InChI=1S/C21H20N4O3S/c1-13-6-8-16(9-7-13)25-12-15(11-18(25)26)20-23-24-21(29-20)22-19(27)14-4-3-5-17(10-14)28-2/h3-10,15H,11-12H2,1-2H3,(H,22,24,27). The van der Waals surface area contributed by atoms with Crippen molar-refractivity contribution in [2.24, 2.45) is 0 Å². The average molecular weight is 408 g/mol. The van der Waals surface area contributed by atoms with Gasteiger partial charge in [0, 0.05) is 30.1 Å². The van der Waals surface area contributed by atoms with E-state index < -0.39 is 0 Å². The number of hydrogen-bond donors (Lipinski definition) is 1. The molecule has 0 spiro atoms. The van der Waals surface area contributed by atoms with Crippen LogP contribution >= 0.6 is 11.3 Å². The van der Waals surface area contributed by atoms with Crippen molar-refractivity contribution in [1.82, 2.24) is 10.2 Å². The summed E-state index contributed by atoms with van der Waals surface area (Å²) in [4.78, 5) is 26.7. The molecular formula is C21H20N4O3S. The zero-order chi connectivity index (χ0) is 20.4. The molecule has 1 saturated heterocycles. The molecule has 1 unspecified atom stereocenters. The SMILES string of the molecule is COc1cccc(C(=O)Nc2nnc(C3CC(=O)N(c4ccc(C)cc4)C3)s2)c1. The van der Waals surface area contributed by atoms with Gasteiger partial charge in [0.1, 0.15) is 10.8 Å². The van der Waals surface area contributed by atoms with Gasteiger partial charge in [0.25, 0.3) is 5.91 Å². The van der Waals surface area contributed by atoms with Gasteiger partial charge in [0.15, 0.2) is 0 Å². The third-order valence-electron chi connectivity index (χ3n) is 4.81. The normalized spacial score (nSPS) is 16.1. The number of benzene rings is 2. The van der Waals surface area contributed by atoms with Crippen LogP contribution in [0.3, 0.4) is 0 Å². The summed E-state index contributed by atoms with van der Waals surface area (Å²) >= 11 is 1.30. The number of nitrogens with zero attached hydrogens (tertiary/aromatic N) is 3. The van der Waals surface area contributed by atoms with Crippen molar-refractivity contribution in [3.63, 3.8) is 0 Å². The first-order chi connectivity index (χ1) is 14.0. The van der Waals surface area contributed by atoms with Crippen LogP contribution in [0.15, 0.2) is 48.5 Å². The highest BCUT2D eigenvalue weighted by molar-refractivity contribution is 7.15. The smallest absolute Gasteiger partial charge is 0.257 e. The van der Waals surface area contributed by atoms with Crippen LogP contribution in [-0.2, 0) is 4.79 Å². The van der Waals surface area contributed by atoms with Gasteiger partial charge in [-0.05, 0) is 37.3 Å². The van der Waals surface area contributed by atoms with E-state index in [1.54, 1.807) is 36.3 Å². The first-order valence-corrected chi connectivity index (χ1v) is 10.0. The highest BCUT2D eigenvalue weighted by Crippen LogP contribution is 2.34. The van der Waals surface area contributed by atoms with Crippen molar-refractivity contribution in [2.45, 2.75) is 19.3 Å². The second-order valence-electron chi connectivity index (χ2n) is 6.87. The predicted octanol–water partition coefficient (Wildman–Crippen LogP) is 3.63. The summed E-state index contributed by atoms with van der Waals surface area (Å²) in [5.41, 5.74) is 2.51. The van der Waals surface area contributed by atoms with Crippen molar-refractivity contribution in [2.75, 3.05) is 23.9 Å². The maximum atomic E-state index is 12.5. The zero-order valence-electron chi connectivity index (χ0n) is 16.1. The molecule has 1 aliphatic rings. The van der Waals surface area contributed by atoms with Crippen LogP contribution in [0.4, 0.5) is 10.8 Å². The minimum Gasteiger partial charge on any atom is -0.497 e. The quantitative estimate of drug-likeness (QED) is 0.697. The molecule has 1 aliphatic heterocycles. The molecular weight excluding hydrogens is 388 g/mol. The Bertz CT molecular complexity index is 1050. The Balaban J connectivity index is 1.44. The number of aryl methyl sites for hydroxylation is 1. The average Bonchev–Trinajstić information content (AvgIpc) is 3.35. The Labute approximate surface area is 172 Å². The van der Waals surface area contributed by atoms with Crippen LogP contribution in [0.5, 0.6) is 5.75 Å². The monoisotopic (exact) mass is 408 g/mol. The number of aromatic nitrogens is 2. The van der Waals surface area contributed by atoms with Crippen LogP contribution < -0.4 is 15.0 Å². The summed E-state index contributed by atoms with van der Waals surface area (Å²) in [5.74, 6) is 0.353. The Morgan fingerprint density at radius 2 is 2.00 bits per heavy atom. The van der Waals surface area contributed by atoms with Crippen molar-refractivity contribution in [3.05, 3.63) is 64.7 Å². The molecule has 0 radical (unpaired) electrons. The topological polar surface area (TPSA) is 84.4 Å². The lowest BCUT2D eigenvalue weighted by atomic mass is 10.1. The summed E-state index contributed by atoms with van der Waals surface area (Å²) in [6, 6.07) is 14.8. The van der Waals surface area contributed by atoms with E-state index in [4.69, 9.17) is 4.74 Å². The van der Waals surface area contributed by atoms with E-state index >= 15 is 0 Å². The van der Waals surface area contributed by atoms with Crippen LogP contribution in [0, 0.1) is 6.92 Å². The third kappa shape index (κ3) is 4.12. The molecule has 1 N–H and O–H groups in total. The van der Waals surface area contributed by atoms with Gasteiger partial charge < -0.3 is 9.64 Å². The molecule has 29 heavy (non-hydrogen) atoms. The summed E-state index contributed by atoms with van der Waals surface area (Å²) < 4.78 is 5.15. The van der Waals surface area contributed by atoms with Crippen LogP contribution in [-0.4, -0.2) is 35.7 Å². The van der Waals surface area contributed by atoms with E-state index in [1.165, 1.54) is 11.3 Å². The Morgan fingerprint density at radius 1 is 1.21 bits per heavy atom. The molecule has 8 heteroatoms. The highest BCUT2D eigenvalue weighted by Gasteiger charge is 2.34. The van der Waals surface area contributed by atoms with Crippen molar-refractivity contribution in [3.8, 4) is 5.75 Å². The van der Waals surface area contributed by atoms with E-state index in [2.05, 4.69) is 15.5 Å². The van der Waals surface area contributed by atoms with Gasteiger partial charge >= 0.3 is 0 Å². The van der Waals surface area contributed by atoms with E-state index in [9.17, 15) is 9.59 Å². The fourth-order valence-electron chi connectivity index (χ4n) is 3.23. The molecule has 148 valence electrons. The maximum Gasteiger partial charge on any atom is 0.257 e. The molecule has 2 amide bonds. The molecule has 2 aromatic carbocycles. The number of carbonyl (C=O) groups is 2. The number of ether oxygens (including phenoxy) is 1. The first kappa shape index (κ1) is 19.1. The third-order valence-corrected chi connectivity index (χ3v) is 5.81. The summed E-state index contributed by atoms with van der Waals surface area (Å²) in [5, 5.41) is 12.2. The largest absolute Gasteiger partial charge is 0.497 e. The lowest BCUT2D eigenvalue weighted by Gasteiger charge is -2.16. The van der Waals surface area contributed by atoms with Gasteiger partial charge in [0.2, 0.25) is 11.0 Å². The van der Waals surface area contributed by atoms with E-state index in [0.29, 0.717) is 29.4 Å². The zero-order valence-corrected chi connectivity index (χ0v) is 16.9. The predicted molar refractivity (Wildman–Crippen MR) is 112 cm³/mol. The van der Waals surface area contributed by atoms with Crippen LogP contribution in [0.25, 0.3) is 0 Å². The van der Waals surface area contributed by atoms with E-state index in [1.807, 2.05) is 31.2 Å². The second kappa shape index (κ2) is 8.00. The number of anilines is 2. The second-order valence-corrected chi connectivity index (χ2v) is 7.88. The van der Waals surface area contributed by atoms with Crippen molar-refractivity contribution in [1.29, 1.82) is 0 Å². The molecule has 1 fully saturated rings. The first-order valence-electron chi connectivity index (χ1n) is 9.19. The number of amides is 2. The molecule has 2 heterocycles. The molecule has 0 aliphatic carbocycles. The van der Waals surface area contributed by atoms with Crippen LogP contribution in [0.1, 0.15) is 33.3 Å². The number of methoxy groups -OCH3 is 1. The lowest BCUT2D eigenvalue weighted by molar-refractivity contribution is -0.117. The minimum atomic E-state index is -0.282. The summed E-state index contributed by atoms with van der Waals surface area (Å²) in [7, 11) is 1.55. The lowest BCUT2D eigenvalue weighted by Crippen LogP contribution is -2.24. The number of hydrogen-bond acceptors (Lipinski definition) is 6. The van der Waals surface area contributed by atoms with Crippen molar-refractivity contribution >= 4 is 34.0 Å². The van der Waals surface area contributed by atoms with Gasteiger partial charge in [-0.15, -0.1) is 10.2 Å². The van der Waals surface area contributed by atoms with Gasteiger partial charge in [-0.2, -0.15) is 0 Å². The highest BCUT2D eigenvalue weighted by atomic mass is 32.1. The fourth-order valence-corrected chi connectivity index (χ4v) is 4.06. The molecule has 1 atom stereocenters. The van der Waals surface area contributed by atoms with Gasteiger partial charge in [-0.3, -0.25) is 14.9 Å². The number of carbonyl (C=O) groups excluding carboxylic acids is 2. The fraction of sp³-hybridized carbons (Fsp3) is 0.238. The minimum absolute atomic E-state index is 0.0382. The number of nitrogens with one attached hydrogen (secondary N) is 1. The Hall–Kier alpha value is -3.26. The maximum absolute atomic E-state index is 12.5. The van der Waals surface area contributed by atoms with Gasteiger partial charge in [-0.1, -0.05) is 35.1 Å². The molecule has 0 bridgehead atoms. The van der Waals surface area contributed by atoms with E-state index in [-0.39, 0.29) is 17.7 Å². The van der Waals surface area contributed by atoms with Crippen molar-refractivity contribution < 1.29 is 14.3 Å². The Kier molecular flexibility index (Phi) is 5.26. The van der Waals surface area contributed by atoms with Gasteiger partial charge in [0.05, 0.1) is 7.11 Å². The molecule has 1 aromatic heterocycles. The van der Waals surface area contributed by atoms with E-state index in [0.717, 1.165) is 16.3 Å². The number of rotatable bonds is 5. The molecule has 4 rings (SSSR count).